The number of aliphatic hydroxyl groups is 1. The summed E-state index contributed by atoms with van der Waals surface area (Å²) >= 11 is 0. The van der Waals surface area contributed by atoms with Gasteiger partial charge in [0.2, 0.25) is 0 Å². The van der Waals surface area contributed by atoms with Crippen molar-refractivity contribution in [1.29, 1.82) is 0 Å². The monoisotopic (exact) mass is 294 g/mol. The highest BCUT2D eigenvalue weighted by Crippen LogP contribution is 2.23. The second kappa shape index (κ2) is 7.98. The maximum atomic E-state index is 11.2. The summed E-state index contributed by atoms with van der Waals surface area (Å²) in [5.41, 5.74) is 0.839. The quantitative estimate of drug-likeness (QED) is 0.642. The van der Waals surface area contributed by atoms with E-state index in [1.54, 1.807) is 12.1 Å². The van der Waals surface area contributed by atoms with E-state index in [4.69, 9.17) is 5.11 Å². The number of aliphatic hydroxyl groups excluding tert-OH is 1. The summed E-state index contributed by atoms with van der Waals surface area (Å²) in [5.74, 6) is -0.323. The molecule has 0 spiro atoms. The maximum Gasteiger partial charge on any atom is 0.335 e. The molecule has 0 radical (unpaired) electrons. The number of unbranched alkanes of at least 4 members (excludes halogenated alkanes) is 3. The number of anilines is 1. The van der Waals surface area contributed by atoms with Gasteiger partial charge in [0.25, 0.3) is 0 Å². The summed E-state index contributed by atoms with van der Waals surface area (Å²) in [6.45, 7) is 7.04. The van der Waals surface area contributed by atoms with Gasteiger partial charge in [-0.25, -0.2) is 9.78 Å². The van der Waals surface area contributed by atoms with Crippen LogP contribution in [0.1, 0.15) is 62.5 Å². The molecule has 3 N–H and O–H groups in total. The van der Waals surface area contributed by atoms with Crippen LogP contribution in [-0.4, -0.2) is 34.3 Å². The van der Waals surface area contributed by atoms with Crippen molar-refractivity contribution in [3.63, 3.8) is 0 Å². The lowest BCUT2D eigenvalue weighted by atomic mass is 9.91. The molecule has 5 nitrogen and oxygen atoms in total. The zero-order chi connectivity index (χ0) is 15.9. The summed E-state index contributed by atoms with van der Waals surface area (Å²) in [7, 11) is 0. The number of aromatic nitrogens is 1. The molecule has 0 amide bonds. The number of nitrogens with zero attached hydrogens (tertiary/aromatic N) is 1. The Morgan fingerprint density at radius 3 is 2.43 bits per heavy atom. The summed E-state index contributed by atoms with van der Waals surface area (Å²) < 4.78 is 0. The summed E-state index contributed by atoms with van der Waals surface area (Å²) in [6, 6.07) is 3.21. The number of hydrogen-bond acceptors (Lipinski definition) is 4. The normalized spacial score (nSPS) is 11.4. The zero-order valence-electron chi connectivity index (χ0n) is 13.1. The van der Waals surface area contributed by atoms with E-state index in [1.165, 1.54) is 0 Å². The molecule has 0 aliphatic rings. The summed E-state index contributed by atoms with van der Waals surface area (Å²) in [6.07, 6.45) is 3.86. The van der Waals surface area contributed by atoms with Crippen molar-refractivity contribution >= 4 is 11.8 Å². The molecular formula is C16H26N2O3. The molecule has 1 aromatic heterocycles. The van der Waals surface area contributed by atoms with E-state index < -0.39 is 5.97 Å². The van der Waals surface area contributed by atoms with Gasteiger partial charge >= 0.3 is 5.97 Å². The van der Waals surface area contributed by atoms with E-state index in [0.717, 1.165) is 37.9 Å². The minimum atomic E-state index is -0.936. The van der Waals surface area contributed by atoms with Crippen molar-refractivity contribution in [3.05, 3.63) is 23.4 Å². The van der Waals surface area contributed by atoms with Gasteiger partial charge in [-0.3, -0.25) is 0 Å². The van der Waals surface area contributed by atoms with E-state index in [9.17, 15) is 9.90 Å². The van der Waals surface area contributed by atoms with Gasteiger partial charge in [0.15, 0.2) is 0 Å². The molecule has 0 aliphatic carbocycles. The van der Waals surface area contributed by atoms with Crippen molar-refractivity contribution < 1.29 is 15.0 Å². The predicted octanol–water partition coefficient (Wildman–Crippen LogP) is 3.04. The fourth-order valence-electron chi connectivity index (χ4n) is 1.94. The van der Waals surface area contributed by atoms with Crippen LogP contribution < -0.4 is 5.32 Å². The summed E-state index contributed by atoms with van der Waals surface area (Å²) in [4.78, 5) is 15.7. The van der Waals surface area contributed by atoms with E-state index >= 15 is 0 Å². The Morgan fingerprint density at radius 2 is 1.86 bits per heavy atom. The molecule has 0 unspecified atom stereocenters. The lowest BCUT2D eigenvalue weighted by Crippen LogP contribution is -2.17. The Kier molecular flexibility index (Phi) is 6.62. The van der Waals surface area contributed by atoms with Crippen molar-refractivity contribution in [1.82, 2.24) is 4.98 Å². The molecule has 1 aromatic rings. The second-order valence-corrected chi connectivity index (χ2v) is 6.25. The van der Waals surface area contributed by atoms with Gasteiger partial charge in [-0.2, -0.15) is 0 Å². The smallest absolute Gasteiger partial charge is 0.335 e. The number of carboxylic acids is 1. The number of aromatic carboxylic acids is 1. The van der Waals surface area contributed by atoms with Gasteiger partial charge in [-0.05, 0) is 25.0 Å². The fourth-order valence-corrected chi connectivity index (χ4v) is 1.94. The first-order valence-corrected chi connectivity index (χ1v) is 7.45. The fraction of sp³-hybridized carbons (Fsp3) is 0.625. The standard InChI is InChI=1S/C16H26N2O3/c1-16(2,3)13-10-12(15(20)21)11-14(18-13)17-8-6-4-5-7-9-19/h10-11,19H,4-9H2,1-3H3,(H,17,18)(H,20,21). The molecular weight excluding hydrogens is 268 g/mol. The first-order chi connectivity index (χ1) is 9.84. The van der Waals surface area contributed by atoms with Crippen LogP contribution in [0.3, 0.4) is 0 Å². The van der Waals surface area contributed by atoms with Crippen LogP contribution in [0.2, 0.25) is 0 Å². The molecule has 0 fully saturated rings. The maximum absolute atomic E-state index is 11.2. The molecule has 118 valence electrons. The van der Waals surface area contributed by atoms with Crippen molar-refractivity contribution in [2.24, 2.45) is 0 Å². The lowest BCUT2D eigenvalue weighted by Gasteiger charge is -2.19. The highest BCUT2D eigenvalue weighted by molar-refractivity contribution is 5.88. The third-order valence-electron chi connectivity index (χ3n) is 3.23. The summed E-state index contributed by atoms with van der Waals surface area (Å²) in [5, 5.41) is 21.1. The first-order valence-electron chi connectivity index (χ1n) is 7.45. The van der Waals surface area contributed by atoms with E-state index in [-0.39, 0.29) is 17.6 Å². The van der Waals surface area contributed by atoms with Crippen molar-refractivity contribution in [2.45, 2.75) is 51.9 Å². The van der Waals surface area contributed by atoms with Crippen LogP contribution in [0.4, 0.5) is 5.82 Å². The number of carboxylic acid groups (broad SMARTS) is 1. The SMILES string of the molecule is CC(C)(C)c1cc(C(=O)O)cc(NCCCCCCO)n1. The van der Waals surface area contributed by atoms with Crippen LogP contribution in [0, 0.1) is 0 Å². The molecule has 1 rings (SSSR count). The van der Waals surface area contributed by atoms with Gasteiger partial charge in [-0.1, -0.05) is 33.6 Å². The molecule has 0 aliphatic heterocycles. The van der Waals surface area contributed by atoms with Gasteiger partial charge in [0.05, 0.1) is 5.56 Å². The molecule has 5 heteroatoms. The molecule has 21 heavy (non-hydrogen) atoms. The number of hydrogen-bond donors (Lipinski definition) is 3. The highest BCUT2D eigenvalue weighted by Gasteiger charge is 2.18. The van der Waals surface area contributed by atoms with Gasteiger partial charge in [0, 0.05) is 24.3 Å². The Bertz CT molecular complexity index is 467. The van der Waals surface area contributed by atoms with Crippen LogP contribution in [0.15, 0.2) is 12.1 Å². The van der Waals surface area contributed by atoms with E-state index in [2.05, 4.69) is 10.3 Å². The average molecular weight is 294 g/mol. The minimum Gasteiger partial charge on any atom is -0.478 e. The Balaban J connectivity index is 2.68. The predicted molar refractivity (Wildman–Crippen MR) is 83.9 cm³/mol. The topological polar surface area (TPSA) is 82.5 Å². The number of nitrogens with one attached hydrogen (secondary N) is 1. The zero-order valence-corrected chi connectivity index (χ0v) is 13.1. The van der Waals surface area contributed by atoms with E-state index in [1.807, 2.05) is 20.8 Å². The second-order valence-electron chi connectivity index (χ2n) is 6.25. The number of rotatable bonds is 8. The van der Waals surface area contributed by atoms with Gasteiger partial charge < -0.3 is 15.5 Å². The van der Waals surface area contributed by atoms with Crippen molar-refractivity contribution in [3.8, 4) is 0 Å². The molecule has 0 bridgehead atoms. The van der Waals surface area contributed by atoms with Crippen LogP contribution >= 0.6 is 0 Å². The number of carbonyl (C=O) groups is 1. The average Bonchev–Trinajstić information content (AvgIpc) is 2.41. The van der Waals surface area contributed by atoms with Crippen LogP contribution in [0.25, 0.3) is 0 Å². The van der Waals surface area contributed by atoms with E-state index in [0.29, 0.717) is 5.82 Å². The molecule has 0 saturated carbocycles. The Labute approximate surface area is 126 Å². The molecule has 1 heterocycles. The third-order valence-corrected chi connectivity index (χ3v) is 3.23. The third kappa shape index (κ3) is 6.12. The van der Waals surface area contributed by atoms with Gasteiger partial charge in [-0.15, -0.1) is 0 Å². The Morgan fingerprint density at radius 1 is 1.19 bits per heavy atom. The number of pyridine rings is 1. The lowest BCUT2D eigenvalue weighted by molar-refractivity contribution is 0.0696. The minimum absolute atomic E-state index is 0.191. The highest BCUT2D eigenvalue weighted by atomic mass is 16.4. The molecule has 0 aromatic carbocycles. The van der Waals surface area contributed by atoms with Crippen LogP contribution in [-0.2, 0) is 5.41 Å². The first kappa shape index (κ1) is 17.4. The van der Waals surface area contributed by atoms with Crippen molar-refractivity contribution in [2.75, 3.05) is 18.5 Å². The Hall–Kier alpha value is -1.62. The largest absolute Gasteiger partial charge is 0.478 e. The molecule has 0 atom stereocenters. The van der Waals surface area contributed by atoms with Gasteiger partial charge in [0.1, 0.15) is 5.82 Å². The molecule has 0 saturated heterocycles. The van der Waals surface area contributed by atoms with Crippen LogP contribution in [0.5, 0.6) is 0 Å².